The zero-order valence-electron chi connectivity index (χ0n) is 16.9. The molecule has 0 aromatic heterocycles. The second-order valence-corrected chi connectivity index (χ2v) is 6.88. The second kappa shape index (κ2) is 8.58. The number of ether oxygens (including phenoxy) is 1. The number of hydrogen-bond donors (Lipinski definition) is 1. The van der Waals surface area contributed by atoms with Gasteiger partial charge in [-0.2, -0.15) is 0 Å². The number of imide groups is 1. The van der Waals surface area contributed by atoms with E-state index < -0.39 is 29.3 Å². The van der Waals surface area contributed by atoms with E-state index in [9.17, 15) is 22.8 Å². The minimum Gasteiger partial charge on any atom is -0.494 e. The van der Waals surface area contributed by atoms with Crippen LogP contribution in [0, 0.1) is 17.5 Å². The number of amides is 2. The third kappa shape index (κ3) is 3.94. The topological polar surface area (TPSA) is 58.6 Å². The van der Waals surface area contributed by atoms with Gasteiger partial charge >= 0.3 is 0 Å². The first-order chi connectivity index (χ1) is 15.4. The van der Waals surface area contributed by atoms with Gasteiger partial charge in [0.05, 0.1) is 17.9 Å². The molecule has 0 aliphatic carbocycles. The highest BCUT2D eigenvalue weighted by Gasteiger charge is 2.41. The Morgan fingerprint density at radius 2 is 1.50 bits per heavy atom. The number of anilines is 2. The maximum absolute atomic E-state index is 14.4. The van der Waals surface area contributed by atoms with Gasteiger partial charge in [0.15, 0.2) is 0 Å². The Morgan fingerprint density at radius 3 is 2.12 bits per heavy atom. The van der Waals surface area contributed by atoms with Crippen LogP contribution in [0.25, 0.3) is 5.57 Å². The van der Waals surface area contributed by atoms with Crippen molar-refractivity contribution in [2.75, 3.05) is 16.8 Å². The Labute approximate surface area is 181 Å². The van der Waals surface area contributed by atoms with E-state index in [1.807, 2.05) is 6.92 Å². The van der Waals surface area contributed by atoms with Gasteiger partial charge in [-0.3, -0.25) is 9.59 Å². The maximum atomic E-state index is 14.4. The normalized spacial score (nSPS) is 13.7. The fourth-order valence-electron chi connectivity index (χ4n) is 3.36. The standard InChI is InChI=1S/C24H17F3N2O3/c1-2-32-18-10-8-17(9-11-18)28-22-21(14-3-5-15(25)6-4-14)23(30)29(24(22)31)20-12-7-16(26)13-19(20)27/h3-13,28H,2H2,1H3. The van der Waals surface area contributed by atoms with E-state index in [4.69, 9.17) is 4.74 Å². The van der Waals surface area contributed by atoms with Crippen molar-refractivity contribution in [2.24, 2.45) is 0 Å². The van der Waals surface area contributed by atoms with E-state index in [0.29, 0.717) is 29.0 Å². The summed E-state index contributed by atoms with van der Waals surface area (Å²) in [7, 11) is 0. The van der Waals surface area contributed by atoms with Gasteiger partial charge in [0.2, 0.25) is 0 Å². The van der Waals surface area contributed by atoms with Crippen LogP contribution < -0.4 is 15.0 Å². The lowest BCUT2D eigenvalue weighted by atomic mass is 10.0. The molecule has 0 unspecified atom stereocenters. The predicted molar refractivity (Wildman–Crippen MR) is 113 cm³/mol. The number of nitrogens with zero attached hydrogens (tertiary/aromatic N) is 1. The van der Waals surface area contributed by atoms with Crippen LogP contribution in [0.4, 0.5) is 24.5 Å². The molecule has 3 aromatic carbocycles. The fraction of sp³-hybridized carbons (Fsp3) is 0.0833. The number of halogens is 3. The molecule has 2 amide bonds. The molecule has 1 aliphatic heterocycles. The van der Waals surface area contributed by atoms with E-state index in [1.165, 1.54) is 12.1 Å². The van der Waals surface area contributed by atoms with Crippen LogP contribution in [0.2, 0.25) is 0 Å². The summed E-state index contributed by atoms with van der Waals surface area (Å²) in [5.41, 5.74) is 0.181. The predicted octanol–water partition coefficient (Wildman–Crippen LogP) is 4.90. The molecule has 0 spiro atoms. The molecule has 5 nitrogen and oxygen atoms in total. The van der Waals surface area contributed by atoms with E-state index >= 15 is 0 Å². The van der Waals surface area contributed by atoms with Crippen molar-refractivity contribution in [1.29, 1.82) is 0 Å². The van der Waals surface area contributed by atoms with Crippen molar-refractivity contribution >= 4 is 28.8 Å². The molecule has 0 bridgehead atoms. The number of rotatable bonds is 6. The number of carbonyl (C=O) groups excluding carboxylic acids is 2. The Balaban J connectivity index is 1.78. The minimum atomic E-state index is -1.06. The number of benzene rings is 3. The summed E-state index contributed by atoms with van der Waals surface area (Å²) in [5.74, 6) is -3.45. The molecular weight excluding hydrogens is 421 g/mol. The van der Waals surface area contributed by atoms with Gasteiger partial charge < -0.3 is 10.1 Å². The van der Waals surface area contributed by atoms with Crippen LogP contribution in [-0.4, -0.2) is 18.4 Å². The SMILES string of the molecule is CCOc1ccc(NC2=C(c3ccc(F)cc3)C(=O)N(c3ccc(F)cc3F)C2=O)cc1. The summed E-state index contributed by atoms with van der Waals surface area (Å²) in [5, 5.41) is 2.91. The average Bonchev–Trinajstić information content (AvgIpc) is 3.00. The Hall–Kier alpha value is -4.07. The molecule has 0 atom stereocenters. The van der Waals surface area contributed by atoms with Crippen LogP contribution in [0.3, 0.4) is 0 Å². The average molecular weight is 438 g/mol. The molecule has 32 heavy (non-hydrogen) atoms. The smallest absolute Gasteiger partial charge is 0.282 e. The van der Waals surface area contributed by atoms with Crippen molar-refractivity contribution < 1.29 is 27.5 Å². The van der Waals surface area contributed by atoms with Crippen LogP contribution >= 0.6 is 0 Å². The van der Waals surface area contributed by atoms with Crippen molar-refractivity contribution in [1.82, 2.24) is 0 Å². The number of hydrogen-bond acceptors (Lipinski definition) is 4. The molecule has 4 rings (SSSR count). The van der Waals surface area contributed by atoms with E-state index in [0.717, 1.165) is 24.3 Å². The monoisotopic (exact) mass is 438 g/mol. The zero-order chi connectivity index (χ0) is 22.8. The minimum absolute atomic E-state index is 0.0624. The highest BCUT2D eigenvalue weighted by molar-refractivity contribution is 6.46. The zero-order valence-corrected chi connectivity index (χ0v) is 16.9. The highest BCUT2D eigenvalue weighted by atomic mass is 19.1. The molecule has 0 radical (unpaired) electrons. The van der Waals surface area contributed by atoms with Gasteiger partial charge in [0.1, 0.15) is 28.9 Å². The Morgan fingerprint density at radius 1 is 0.844 bits per heavy atom. The third-order valence-corrected chi connectivity index (χ3v) is 4.80. The van der Waals surface area contributed by atoms with E-state index in [2.05, 4.69) is 5.32 Å². The lowest BCUT2D eigenvalue weighted by molar-refractivity contribution is -0.120. The first-order valence-corrected chi connectivity index (χ1v) is 9.73. The first-order valence-electron chi connectivity index (χ1n) is 9.73. The van der Waals surface area contributed by atoms with Crippen molar-refractivity contribution in [2.45, 2.75) is 6.92 Å². The molecule has 1 aliphatic rings. The van der Waals surface area contributed by atoms with Crippen LogP contribution in [0.15, 0.2) is 72.4 Å². The highest BCUT2D eigenvalue weighted by Crippen LogP contribution is 2.35. The van der Waals surface area contributed by atoms with Gasteiger partial charge in [-0.25, -0.2) is 18.1 Å². The molecule has 1 N–H and O–H groups in total. The number of nitrogens with one attached hydrogen (secondary N) is 1. The summed E-state index contributed by atoms with van der Waals surface area (Å²) in [6, 6.07) is 14.2. The van der Waals surface area contributed by atoms with E-state index in [1.54, 1.807) is 24.3 Å². The molecular formula is C24H17F3N2O3. The van der Waals surface area contributed by atoms with Crippen molar-refractivity contribution in [3.63, 3.8) is 0 Å². The maximum Gasteiger partial charge on any atom is 0.282 e. The Kier molecular flexibility index (Phi) is 5.68. The molecule has 162 valence electrons. The lowest BCUT2D eigenvalue weighted by Crippen LogP contribution is -2.33. The van der Waals surface area contributed by atoms with Gasteiger partial charge in [-0.1, -0.05) is 12.1 Å². The molecule has 1 heterocycles. The van der Waals surface area contributed by atoms with Gasteiger partial charge in [0.25, 0.3) is 11.8 Å². The molecule has 0 saturated carbocycles. The van der Waals surface area contributed by atoms with E-state index in [-0.39, 0.29) is 22.5 Å². The van der Waals surface area contributed by atoms with Gasteiger partial charge in [0, 0.05) is 11.8 Å². The molecule has 3 aromatic rings. The van der Waals surface area contributed by atoms with Crippen LogP contribution in [0.5, 0.6) is 5.75 Å². The summed E-state index contributed by atoms with van der Waals surface area (Å²) in [6.45, 7) is 2.33. The third-order valence-electron chi connectivity index (χ3n) is 4.80. The Bertz CT molecular complexity index is 1220. The summed E-state index contributed by atoms with van der Waals surface area (Å²) in [6.07, 6.45) is 0. The molecule has 0 saturated heterocycles. The summed E-state index contributed by atoms with van der Waals surface area (Å²) >= 11 is 0. The van der Waals surface area contributed by atoms with Crippen molar-refractivity contribution in [3.05, 3.63) is 95.4 Å². The largest absolute Gasteiger partial charge is 0.494 e. The lowest BCUT2D eigenvalue weighted by Gasteiger charge is -2.16. The summed E-state index contributed by atoms with van der Waals surface area (Å²) in [4.78, 5) is 27.0. The molecule has 0 fully saturated rings. The van der Waals surface area contributed by atoms with Crippen LogP contribution in [-0.2, 0) is 9.59 Å². The van der Waals surface area contributed by atoms with Gasteiger partial charge in [-0.15, -0.1) is 0 Å². The second-order valence-electron chi connectivity index (χ2n) is 6.88. The fourth-order valence-corrected chi connectivity index (χ4v) is 3.36. The quantitative estimate of drug-likeness (QED) is 0.557. The molecule has 8 heteroatoms. The summed E-state index contributed by atoms with van der Waals surface area (Å²) < 4.78 is 46.6. The van der Waals surface area contributed by atoms with Crippen molar-refractivity contribution in [3.8, 4) is 5.75 Å². The number of carbonyl (C=O) groups is 2. The first kappa shape index (κ1) is 21.2. The van der Waals surface area contributed by atoms with Gasteiger partial charge in [-0.05, 0) is 61.0 Å². The van der Waals surface area contributed by atoms with Crippen LogP contribution in [0.1, 0.15) is 12.5 Å².